The van der Waals surface area contributed by atoms with E-state index in [-0.39, 0.29) is 43.4 Å². The van der Waals surface area contributed by atoms with Gasteiger partial charge >= 0.3 is 0 Å². The second-order valence-corrected chi connectivity index (χ2v) is 25.6. The van der Waals surface area contributed by atoms with Crippen molar-refractivity contribution < 1.29 is 57.8 Å². The standard InChI is InChI=1S/C61H109N11O12/c1-25-27-28-39(15)51(74)50-55(78)64-42(26-2)57(80)66(18)32-46(73)70(22)48(37(11)12)54(77)65-47(36(9)10)60(83)67(19)43(29-33(3)4)53(76)62-40(16)52(75)63-41(17)56(79)68(20)44(30-34(5)6)58(81)69(21)45(31-35(7)8)59(82)71(23)49(38(13)14)61(84)72(50)24/h25,27,33-45,47-51,74H,26,28-32H2,1-24H3,(H,62,76)(H,63,75)(H,64,78)(H,65,77)/t39-,40+,41-,42+,43+,44+,45+,47+,48+,49+,50+,51-/m1/s1. The van der Waals surface area contributed by atoms with Gasteiger partial charge in [0.25, 0.3) is 0 Å². The van der Waals surface area contributed by atoms with Gasteiger partial charge in [0.15, 0.2) is 0 Å². The lowest BCUT2D eigenvalue weighted by molar-refractivity contribution is -0.157. The Bertz CT molecular complexity index is 2310. The van der Waals surface area contributed by atoms with Gasteiger partial charge in [0.1, 0.15) is 60.4 Å². The van der Waals surface area contributed by atoms with E-state index in [1.165, 1.54) is 87.7 Å². The minimum Gasteiger partial charge on any atom is -0.390 e. The second kappa shape index (κ2) is 34.1. The lowest BCUT2D eigenvalue weighted by Crippen LogP contribution is -2.63. The SMILES string of the molecule is CC=CC[C@@H](C)[C@@H](O)[C@H]1C(=O)N[C@@H](CC)C(=O)N(C)CC(=O)N(C)[C@@H](C(C)C)C(=O)N[C@@H](C(C)C)C(=O)N(C)[C@@H](CC(C)C)C(=O)N[C@@H](C)C(=O)N[C@H](C)C(=O)N(C)[C@@H](CC(C)C)C(=O)N(C)[C@@H](CC(C)C)C(=O)N(C)[C@@H](C(C)C)C(=O)N1C. The van der Waals surface area contributed by atoms with Crippen LogP contribution >= 0.6 is 0 Å². The van der Waals surface area contributed by atoms with Gasteiger partial charge in [-0.1, -0.05) is 109 Å². The third kappa shape index (κ3) is 20.5. The minimum atomic E-state index is -1.61. The number of carbonyl (C=O) groups excluding carboxylic acids is 11. The molecule has 12 atom stereocenters. The monoisotopic (exact) mass is 1190 g/mol. The van der Waals surface area contributed by atoms with Crippen molar-refractivity contribution in [3.8, 4) is 0 Å². The van der Waals surface area contributed by atoms with Gasteiger partial charge in [0.2, 0.25) is 65.0 Å². The van der Waals surface area contributed by atoms with Crippen molar-refractivity contribution >= 4 is 65.0 Å². The molecule has 0 aromatic heterocycles. The minimum absolute atomic E-state index is 0.0215. The zero-order valence-electron chi connectivity index (χ0n) is 55.4. The zero-order valence-corrected chi connectivity index (χ0v) is 55.4. The number of aliphatic hydroxyl groups excluding tert-OH is 1. The molecular formula is C61H109N11O12. The maximum atomic E-state index is 15.1. The van der Waals surface area contributed by atoms with Gasteiger partial charge in [-0.3, -0.25) is 52.7 Å². The molecule has 1 rings (SSSR count). The molecule has 0 aromatic carbocycles. The van der Waals surface area contributed by atoms with Gasteiger partial charge in [-0.15, -0.1) is 0 Å². The molecule has 1 saturated heterocycles. The maximum Gasteiger partial charge on any atom is 0.246 e. The summed E-state index contributed by atoms with van der Waals surface area (Å²) >= 11 is 0. The fourth-order valence-corrected chi connectivity index (χ4v) is 10.7. The number of hydrogen-bond acceptors (Lipinski definition) is 12. The Balaban J connectivity index is 4.30. The molecule has 1 heterocycles. The molecule has 0 radical (unpaired) electrons. The molecule has 1 fully saturated rings. The van der Waals surface area contributed by atoms with Crippen molar-refractivity contribution in [1.82, 2.24) is 55.6 Å². The number of amides is 11. The molecule has 0 bridgehead atoms. The van der Waals surface area contributed by atoms with E-state index in [1.54, 1.807) is 74.5 Å². The van der Waals surface area contributed by atoms with Gasteiger partial charge in [0.05, 0.1) is 12.6 Å². The van der Waals surface area contributed by atoms with Gasteiger partial charge < -0.3 is 60.7 Å². The molecule has 480 valence electrons. The van der Waals surface area contributed by atoms with Crippen molar-refractivity contribution in [2.75, 3.05) is 55.9 Å². The number of nitrogens with zero attached hydrogens (tertiary/aromatic N) is 7. The Labute approximate surface area is 502 Å². The fourth-order valence-electron chi connectivity index (χ4n) is 10.7. The summed E-state index contributed by atoms with van der Waals surface area (Å²) in [6.07, 6.45) is 2.88. The summed E-state index contributed by atoms with van der Waals surface area (Å²) in [6.45, 7) is 29.0. The van der Waals surface area contributed by atoms with Crippen LogP contribution in [0.15, 0.2) is 12.2 Å². The van der Waals surface area contributed by atoms with Crippen molar-refractivity contribution in [3.63, 3.8) is 0 Å². The highest BCUT2D eigenvalue weighted by Gasteiger charge is 2.46. The van der Waals surface area contributed by atoms with Crippen LogP contribution in [-0.2, 0) is 52.7 Å². The van der Waals surface area contributed by atoms with Crippen molar-refractivity contribution in [1.29, 1.82) is 0 Å². The number of aliphatic hydroxyl groups is 1. The predicted octanol–water partition coefficient (Wildman–Crippen LogP) is 2.88. The van der Waals surface area contributed by atoms with E-state index in [1.807, 2.05) is 41.5 Å². The normalized spacial score (nSPS) is 27.1. The molecule has 5 N–H and O–H groups in total. The van der Waals surface area contributed by atoms with Crippen LogP contribution in [0, 0.1) is 41.4 Å². The molecule has 23 heteroatoms. The molecule has 84 heavy (non-hydrogen) atoms. The fraction of sp³-hybridized carbons (Fsp3) is 0.787. The summed E-state index contributed by atoms with van der Waals surface area (Å²) < 4.78 is 0. The largest absolute Gasteiger partial charge is 0.390 e. The molecule has 0 aromatic rings. The van der Waals surface area contributed by atoms with Crippen molar-refractivity contribution in [3.05, 3.63) is 12.2 Å². The first-order valence-corrected chi connectivity index (χ1v) is 30.1. The van der Waals surface area contributed by atoms with E-state index in [0.717, 1.165) is 9.80 Å². The molecule has 0 unspecified atom stereocenters. The summed E-state index contributed by atoms with van der Waals surface area (Å²) in [5.41, 5.74) is 0. The average Bonchev–Trinajstić information content (AvgIpc) is 3.42. The predicted molar refractivity (Wildman–Crippen MR) is 324 cm³/mol. The number of hydrogen-bond donors (Lipinski definition) is 5. The smallest absolute Gasteiger partial charge is 0.246 e. The Hall–Kier alpha value is -6.13. The van der Waals surface area contributed by atoms with E-state index < -0.39 is 162 Å². The van der Waals surface area contributed by atoms with E-state index in [0.29, 0.717) is 6.42 Å². The number of rotatable bonds is 14. The van der Waals surface area contributed by atoms with E-state index in [4.69, 9.17) is 0 Å². The Morgan fingerprint density at radius 2 is 0.893 bits per heavy atom. The topological polar surface area (TPSA) is 279 Å². The average molecular weight is 1190 g/mol. The lowest BCUT2D eigenvalue weighted by atomic mass is 9.91. The maximum absolute atomic E-state index is 15.1. The van der Waals surface area contributed by atoms with E-state index >= 15 is 9.59 Å². The molecule has 1 aliphatic heterocycles. The molecular weight excluding hydrogens is 1080 g/mol. The van der Waals surface area contributed by atoms with Crippen molar-refractivity contribution in [2.24, 2.45) is 41.4 Å². The summed E-state index contributed by atoms with van der Waals surface area (Å²) in [4.78, 5) is 168. The molecule has 0 saturated carbocycles. The molecule has 11 amide bonds. The van der Waals surface area contributed by atoms with Crippen LogP contribution in [0.3, 0.4) is 0 Å². The van der Waals surface area contributed by atoms with Gasteiger partial charge in [-0.2, -0.15) is 0 Å². The second-order valence-electron chi connectivity index (χ2n) is 25.6. The summed E-state index contributed by atoms with van der Waals surface area (Å²) in [6, 6.07) is -12.4. The quantitative estimate of drug-likeness (QED) is 0.157. The Morgan fingerprint density at radius 3 is 1.35 bits per heavy atom. The van der Waals surface area contributed by atoms with Crippen LogP contribution in [0.4, 0.5) is 0 Å². The van der Waals surface area contributed by atoms with Crippen LogP contribution < -0.4 is 21.3 Å². The third-order valence-electron chi connectivity index (χ3n) is 15.9. The first-order chi connectivity index (χ1) is 38.7. The van der Waals surface area contributed by atoms with Gasteiger partial charge in [-0.25, -0.2) is 0 Å². The molecule has 0 spiro atoms. The molecule has 0 aliphatic carbocycles. The van der Waals surface area contributed by atoms with Crippen LogP contribution in [-0.4, -0.2) is 227 Å². The highest BCUT2D eigenvalue weighted by Crippen LogP contribution is 2.25. The highest BCUT2D eigenvalue weighted by molar-refractivity contribution is 5.99. The van der Waals surface area contributed by atoms with Crippen LogP contribution in [0.5, 0.6) is 0 Å². The summed E-state index contributed by atoms with van der Waals surface area (Å²) in [7, 11) is 9.88. The summed E-state index contributed by atoms with van der Waals surface area (Å²) in [5, 5.41) is 23.0. The van der Waals surface area contributed by atoms with Crippen LogP contribution in [0.2, 0.25) is 0 Å². The summed E-state index contributed by atoms with van der Waals surface area (Å²) in [5.74, 6) is -10.1. The third-order valence-corrected chi connectivity index (χ3v) is 15.9. The van der Waals surface area contributed by atoms with Crippen LogP contribution in [0.1, 0.15) is 150 Å². The Kier molecular flexibility index (Phi) is 30.8. The van der Waals surface area contributed by atoms with E-state index in [2.05, 4.69) is 21.3 Å². The first kappa shape index (κ1) is 75.9. The molecule has 1 aliphatic rings. The van der Waals surface area contributed by atoms with Crippen molar-refractivity contribution in [2.45, 2.75) is 216 Å². The number of nitrogens with one attached hydrogen (secondary N) is 4. The Morgan fingerprint density at radius 1 is 0.464 bits per heavy atom. The van der Waals surface area contributed by atoms with Gasteiger partial charge in [-0.05, 0) is 94.3 Å². The van der Waals surface area contributed by atoms with E-state index in [9.17, 15) is 48.3 Å². The number of carbonyl (C=O) groups is 11. The highest BCUT2D eigenvalue weighted by atomic mass is 16.3. The number of likely N-dealkylation sites (N-methyl/N-ethyl adjacent to an activating group) is 7. The van der Waals surface area contributed by atoms with Crippen LogP contribution in [0.25, 0.3) is 0 Å². The number of allylic oxidation sites excluding steroid dienone is 2. The first-order valence-electron chi connectivity index (χ1n) is 30.1. The lowest BCUT2D eigenvalue weighted by Gasteiger charge is -2.41. The zero-order chi connectivity index (χ0) is 65.3. The molecule has 23 nitrogen and oxygen atoms in total. The van der Waals surface area contributed by atoms with Gasteiger partial charge in [0, 0.05) is 49.3 Å².